The van der Waals surface area contributed by atoms with Gasteiger partial charge in [0, 0.05) is 12.1 Å². The molecule has 0 saturated heterocycles. The summed E-state index contributed by atoms with van der Waals surface area (Å²) >= 11 is 0. The van der Waals surface area contributed by atoms with Gasteiger partial charge in [0.25, 0.3) is 0 Å². The first-order valence-corrected chi connectivity index (χ1v) is 5.84. The van der Waals surface area contributed by atoms with Crippen LogP contribution < -0.4 is 5.43 Å². The number of hydrogen-bond acceptors (Lipinski definition) is 6. The van der Waals surface area contributed by atoms with Crippen LogP contribution in [0.15, 0.2) is 29.1 Å². The summed E-state index contributed by atoms with van der Waals surface area (Å²) in [6, 6.07) is 4.39. The molecule has 2 rings (SSSR count). The Morgan fingerprint density at radius 2 is 1.85 bits per heavy atom. The van der Waals surface area contributed by atoms with Crippen LogP contribution in [0.4, 0.5) is 0 Å². The van der Waals surface area contributed by atoms with Gasteiger partial charge in [0.05, 0.1) is 17.6 Å². The molecule has 6 heteroatoms. The molecular formula is C14H12O6. The minimum Gasteiger partial charge on any atom is -0.508 e. The zero-order valence-corrected chi connectivity index (χ0v) is 10.6. The van der Waals surface area contributed by atoms with Crippen LogP contribution in [0.5, 0.6) is 17.2 Å². The summed E-state index contributed by atoms with van der Waals surface area (Å²) < 4.78 is 4.79. The van der Waals surface area contributed by atoms with Gasteiger partial charge in [0.15, 0.2) is 5.75 Å². The maximum Gasteiger partial charge on any atom is 0.338 e. The average Bonchev–Trinajstić information content (AvgIpc) is 2.48. The maximum absolute atomic E-state index is 11.8. The molecule has 0 bridgehead atoms. The average molecular weight is 276 g/mol. The molecule has 0 aliphatic heterocycles. The molecular weight excluding hydrogens is 264 g/mol. The number of carbonyl (C=O) groups excluding carboxylic acids is 1. The Balaban J connectivity index is 2.88. The second kappa shape index (κ2) is 5.08. The Morgan fingerprint density at radius 3 is 2.50 bits per heavy atom. The molecule has 3 N–H and O–H groups in total. The van der Waals surface area contributed by atoms with Crippen LogP contribution in [0.1, 0.15) is 17.3 Å². The standard InChI is InChI=1S/C14H12O6/c1-2-20-14(19)8-3-7-4-9(15)6-10(16)12(7)13(18)11(17)5-8/h3-6,15-16H,2H2,1H3,(H,17,18). The number of rotatable bonds is 2. The summed E-state index contributed by atoms with van der Waals surface area (Å²) in [5.41, 5.74) is -0.906. The number of ether oxygens (including phenoxy) is 1. The van der Waals surface area contributed by atoms with E-state index in [9.17, 15) is 24.9 Å². The summed E-state index contributed by atoms with van der Waals surface area (Å²) in [5.74, 6) is -2.15. The molecule has 0 aromatic heterocycles. The van der Waals surface area contributed by atoms with E-state index in [0.29, 0.717) is 0 Å². The number of hydrogen-bond donors (Lipinski definition) is 3. The highest BCUT2D eigenvalue weighted by Crippen LogP contribution is 2.33. The van der Waals surface area contributed by atoms with Crippen LogP contribution >= 0.6 is 0 Å². The van der Waals surface area contributed by atoms with Gasteiger partial charge in [0.1, 0.15) is 11.5 Å². The van der Waals surface area contributed by atoms with Crippen LogP contribution in [-0.2, 0) is 4.74 Å². The third kappa shape index (κ3) is 2.35. The minimum absolute atomic E-state index is 0.0767. The molecule has 0 unspecified atom stereocenters. The van der Waals surface area contributed by atoms with Gasteiger partial charge in [-0.25, -0.2) is 4.79 Å². The predicted octanol–water partition coefficient (Wildman–Crippen LogP) is 1.49. The Kier molecular flexibility index (Phi) is 3.47. The van der Waals surface area contributed by atoms with E-state index in [0.717, 1.165) is 12.1 Å². The largest absolute Gasteiger partial charge is 0.508 e. The van der Waals surface area contributed by atoms with E-state index in [1.807, 2.05) is 0 Å². The lowest BCUT2D eigenvalue weighted by Crippen LogP contribution is -2.06. The van der Waals surface area contributed by atoms with Gasteiger partial charge in [-0.15, -0.1) is 0 Å². The smallest absolute Gasteiger partial charge is 0.338 e. The number of fused-ring (bicyclic) bond motifs is 1. The molecule has 104 valence electrons. The van der Waals surface area contributed by atoms with Gasteiger partial charge in [0.2, 0.25) is 5.43 Å². The van der Waals surface area contributed by atoms with E-state index in [1.54, 1.807) is 6.92 Å². The fourth-order valence-corrected chi connectivity index (χ4v) is 1.88. The molecule has 2 aromatic carbocycles. The van der Waals surface area contributed by atoms with Crippen LogP contribution in [0.2, 0.25) is 0 Å². The first-order valence-electron chi connectivity index (χ1n) is 5.84. The van der Waals surface area contributed by atoms with Gasteiger partial charge in [-0.05, 0) is 24.4 Å². The number of benzene rings is 1. The molecule has 0 aliphatic carbocycles. The van der Waals surface area contributed by atoms with Gasteiger partial charge < -0.3 is 20.1 Å². The molecule has 2 aromatic rings. The summed E-state index contributed by atoms with van der Waals surface area (Å²) in [5, 5.41) is 29.0. The minimum atomic E-state index is -0.830. The van der Waals surface area contributed by atoms with Crippen molar-refractivity contribution in [1.82, 2.24) is 0 Å². The van der Waals surface area contributed by atoms with Gasteiger partial charge in [-0.1, -0.05) is 0 Å². The first kappa shape index (κ1) is 13.7. The fourth-order valence-electron chi connectivity index (χ4n) is 1.88. The van der Waals surface area contributed by atoms with Crippen LogP contribution in [-0.4, -0.2) is 27.9 Å². The Bertz CT molecular complexity index is 751. The highest BCUT2D eigenvalue weighted by atomic mass is 16.5. The highest BCUT2D eigenvalue weighted by molar-refractivity contribution is 5.98. The molecule has 0 heterocycles. The highest BCUT2D eigenvalue weighted by Gasteiger charge is 2.14. The maximum atomic E-state index is 11.8. The number of phenols is 2. The van der Waals surface area contributed by atoms with Crippen molar-refractivity contribution in [1.29, 1.82) is 0 Å². The molecule has 0 atom stereocenters. The third-order valence-corrected chi connectivity index (χ3v) is 2.71. The summed E-state index contributed by atoms with van der Waals surface area (Å²) in [6.07, 6.45) is 0. The van der Waals surface area contributed by atoms with Crippen molar-refractivity contribution < 1.29 is 24.9 Å². The van der Waals surface area contributed by atoms with E-state index in [4.69, 9.17) is 4.74 Å². The Hall–Kier alpha value is -2.76. The second-order valence-corrected chi connectivity index (χ2v) is 4.11. The summed E-state index contributed by atoms with van der Waals surface area (Å²) in [7, 11) is 0. The van der Waals surface area contributed by atoms with Crippen molar-refractivity contribution >= 4 is 16.7 Å². The summed E-state index contributed by atoms with van der Waals surface area (Å²) in [4.78, 5) is 23.5. The second-order valence-electron chi connectivity index (χ2n) is 4.11. The normalized spacial score (nSPS) is 10.4. The summed E-state index contributed by atoms with van der Waals surface area (Å²) in [6.45, 7) is 1.75. The molecule has 6 nitrogen and oxygen atoms in total. The van der Waals surface area contributed by atoms with Gasteiger partial charge >= 0.3 is 5.97 Å². The van der Waals surface area contributed by atoms with Crippen LogP contribution in [0, 0.1) is 0 Å². The van der Waals surface area contributed by atoms with Crippen molar-refractivity contribution in [2.75, 3.05) is 6.61 Å². The number of aromatic hydroxyl groups is 3. The van der Waals surface area contributed by atoms with Crippen LogP contribution in [0.3, 0.4) is 0 Å². The molecule has 0 amide bonds. The monoisotopic (exact) mass is 276 g/mol. The van der Waals surface area contributed by atoms with Crippen molar-refractivity contribution in [3.05, 3.63) is 40.1 Å². The zero-order chi connectivity index (χ0) is 14.9. The number of carbonyl (C=O) groups is 1. The molecule has 0 aliphatic rings. The van der Waals surface area contributed by atoms with Gasteiger partial charge in [-0.2, -0.15) is 0 Å². The molecule has 0 fully saturated rings. The predicted molar refractivity (Wildman–Crippen MR) is 71.2 cm³/mol. The topological polar surface area (TPSA) is 104 Å². The quantitative estimate of drug-likeness (QED) is 0.718. The van der Waals surface area contributed by atoms with E-state index in [2.05, 4.69) is 0 Å². The molecule has 0 spiro atoms. The lowest BCUT2D eigenvalue weighted by Gasteiger charge is -2.01. The lowest BCUT2D eigenvalue weighted by molar-refractivity contribution is 0.0526. The van der Waals surface area contributed by atoms with Crippen molar-refractivity contribution in [3.8, 4) is 17.2 Å². The third-order valence-electron chi connectivity index (χ3n) is 2.71. The zero-order valence-electron chi connectivity index (χ0n) is 10.6. The Labute approximate surface area is 113 Å². The van der Waals surface area contributed by atoms with E-state index < -0.39 is 22.9 Å². The van der Waals surface area contributed by atoms with Crippen molar-refractivity contribution in [2.45, 2.75) is 6.92 Å². The fraction of sp³-hybridized carbons (Fsp3) is 0.143. The van der Waals surface area contributed by atoms with E-state index >= 15 is 0 Å². The SMILES string of the molecule is CCOC(=O)c1cc(=O)c(O)c2c(O)cc(O)cc2c1. The van der Waals surface area contributed by atoms with Crippen molar-refractivity contribution in [2.24, 2.45) is 0 Å². The van der Waals surface area contributed by atoms with Crippen molar-refractivity contribution in [3.63, 3.8) is 0 Å². The Morgan fingerprint density at radius 1 is 1.15 bits per heavy atom. The van der Waals surface area contributed by atoms with Crippen LogP contribution in [0.25, 0.3) is 10.8 Å². The number of phenolic OH excluding ortho intramolecular Hbond substituents is 2. The molecule has 20 heavy (non-hydrogen) atoms. The van der Waals surface area contributed by atoms with E-state index in [-0.39, 0.29) is 28.7 Å². The lowest BCUT2D eigenvalue weighted by atomic mass is 10.1. The first-order chi connectivity index (χ1) is 9.43. The van der Waals surface area contributed by atoms with E-state index in [1.165, 1.54) is 12.1 Å². The molecule has 0 saturated carbocycles. The molecule has 0 radical (unpaired) electrons. The number of esters is 1. The van der Waals surface area contributed by atoms with Gasteiger partial charge in [-0.3, -0.25) is 4.79 Å².